The summed E-state index contributed by atoms with van der Waals surface area (Å²) in [6.07, 6.45) is -4.71. The quantitative estimate of drug-likeness (QED) is 0.797. The Labute approximate surface area is 149 Å². The molecular formula is C19H18F3NO3. The van der Waals surface area contributed by atoms with Crippen LogP contribution in [0.5, 0.6) is 0 Å². The van der Waals surface area contributed by atoms with Crippen LogP contribution >= 0.6 is 0 Å². The van der Waals surface area contributed by atoms with Gasteiger partial charge in [0, 0.05) is 5.69 Å². The highest BCUT2D eigenvalue weighted by molar-refractivity contribution is 5.97. The lowest BCUT2D eigenvalue weighted by Crippen LogP contribution is -2.30. The van der Waals surface area contributed by atoms with E-state index in [0.717, 1.165) is 36.2 Å². The van der Waals surface area contributed by atoms with Crippen LogP contribution in [0.3, 0.4) is 0 Å². The number of carbonyl (C=O) groups is 2. The van der Waals surface area contributed by atoms with E-state index < -0.39 is 29.7 Å². The third-order valence-corrected chi connectivity index (χ3v) is 3.73. The number of esters is 1. The maximum absolute atomic E-state index is 12.5. The summed E-state index contributed by atoms with van der Waals surface area (Å²) in [5.41, 5.74) is 0.745. The van der Waals surface area contributed by atoms with Crippen LogP contribution in [0.15, 0.2) is 48.5 Å². The molecule has 0 saturated heterocycles. The summed E-state index contributed by atoms with van der Waals surface area (Å²) >= 11 is 0. The van der Waals surface area contributed by atoms with Gasteiger partial charge in [-0.05, 0) is 55.3 Å². The van der Waals surface area contributed by atoms with Gasteiger partial charge in [-0.15, -0.1) is 0 Å². The molecule has 26 heavy (non-hydrogen) atoms. The molecule has 2 aromatic rings. The van der Waals surface area contributed by atoms with Gasteiger partial charge in [0.2, 0.25) is 0 Å². The van der Waals surface area contributed by atoms with Crippen molar-refractivity contribution in [3.05, 3.63) is 65.2 Å². The minimum Gasteiger partial charge on any atom is -0.449 e. The molecule has 0 aliphatic rings. The van der Waals surface area contributed by atoms with E-state index in [0.29, 0.717) is 5.69 Å². The predicted octanol–water partition coefficient (Wildman–Crippen LogP) is 4.45. The van der Waals surface area contributed by atoms with Crippen molar-refractivity contribution in [2.24, 2.45) is 0 Å². The topological polar surface area (TPSA) is 55.4 Å². The maximum atomic E-state index is 12.5. The van der Waals surface area contributed by atoms with Crippen LogP contribution in [-0.4, -0.2) is 18.0 Å². The van der Waals surface area contributed by atoms with Crippen LogP contribution in [0.4, 0.5) is 18.9 Å². The normalized spacial score (nSPS) is 12.3. The summed E-state index contributed by atoms with van der Waals surface area (Å²) < 4.78 is 42.6. The molecule has 1 atom stereocenters. The highest BCUT2D eigenvalue weighted by Crippen LogP contribution is 2.29. The molecule has 0 heterocycles. The van der Waals surface area contributed by atoms with Crippen molar-refractivity contribution in [1.82, 2.24) is 0 Å². The van der Waals surface area contributed by atoms with Crippen LogP contribution in [0.1, 0.15) is 35.3 Å². The number of hydrogen-bond acceptors (Lipinski definition) is 3. The number of alkyl halides is 3. The number of halogens is 3. The SMILES string of the molecule is CCc1ccc(NC(=O)C(C)OC(=O)c2ccc(C(F)(F)F)cc2)cc1. The summed E-state index contributed by atoms with van der Waals surface area (Å²) in [6, 6.07) is 10.8. The van der Waals surface area contributed by atoms with E-state index in [1.165, 1.54) is 6.92 Å². The fraction of sp³-hybridized carbons (Fsp3) is 0.263. The van der Waals surface area contributed by atoms with Gasteiger partial charge in [0.25, 0.3) is 5.91 Å². The van der Waals surface area contributed by atoms with E-state index in [-0.39, 0.29) is 5.56 Å². The maximum Gasteiger partial charge on any atom is 0.416 e. The number of benzene rings is 2. The van der Waals surface area contributed by atoms with Crippen molar-refractivity contribution in [3.8, 4) is 0 Å². The summed E-state index contributed by atoms with van der Waals surface area (Å²) in [6.45, 7) is 3.40. The average Bonchev–Trinajstić information content (AvgIpc) is 2.61. The second-order valence-corrected chi connectivity index (χ2v) is 5.66. The number of aryl methyl sites for hydroxylation is 1. The second kappa shape index (κ2) is 8.03. The fourth-order valence-electron chi connectivity index (χ4n) is 2.15. The van der Waals surface area contributed by atoms with Gasteiger partial charge < -0.3 is 10.1 Å². The average molecular weight is 365 g/mol. The standard InChI is InChI=1S/C19H18F3NO3/c1-3-13-4-10-16(11-5-13)23-17(24)12(2)26-18(25)14-6-8-15(9-7-14)19(20,21)22/h4-12H,3H2,1-2H3,(H,23,24). The van der Waals surface area contributed by atoms with Crippen molar-refractivity contribution in [2.75, 3.05) is 5.32 Å². The van der Waals surface area contributed by atoms with Crippen LogP contribution in [-0.2, 0) is 22.1 Å². The first-order chi connectivity index (χ1) is 12.2. The molecule has 1 amide bonds. The lowest BCUT2D eigenvalue weighted by molar-refractivity contribution is -0.137. The van der Waals surface area contributed by atoms with Crippen LogP contribution in [0.25, 0.3) is 0 Å². The Hall–Kier alpha value is -2.83. The molecule has 2 aromatic carbocycles. The molecule has 7 heteroatoms. The van der Waals surface area contributed by atoms with E-state index in [2.05, 4.69) is 5.32 Å². The monoisotopic (exact) mass is 365 g/mol. The number of ether oxygens (including phenoxy) is 1. The Morgan fingerprint density at radius 2 is 1.62 bits per heavy atom. The Morgan fingerprint density at radius 1 is 1.04 bits per heavy atom. The number of carbonyl (C=O) groups excluding carboxylic acids is 2. The van der Waals surface area contributed by atoms with Crippen molar-refractivity contribution in [2.45, 2.75) is 32.5 Å². The molecular weight excluding hydrogens is 347 g/mol. The van der Waals surface area contributed by atoms with Crippen molar-refractivity contribution in [3.63, 3.8) is 0 Å². The largest absolute Gasteiger partial charge is 0.449 e. The van der Waals surface area contributed by atoms with E-state index in [4.69, 9.17) is 4.74 Å². The molecule has 0 spiro atoms. The van der Waals surface area contributed by atoms with Crippen LogP contribution in [0.2, 0.25) is 0 Å². The van der Waals surface area contributed by atoms with E-state index in [9.17, 15) is 22.8 Å². The third-order valence-electron chi connectivity index (χ3n) is 3.73. The lowest BCUT2D eigenvalue weighted by Gasteiger charge is -2.14. The first kappa shape index (κ1) is 19.5. The smallest absolute Gasteiger partial charge is 0.416 e. The third kappa shape index (κ3) is 5.08. The minimum absolute atomic E-state index is 0.0649. The molecule has 138 valence electrons. The summed E-state index contributed by atoms with van der Waals surface area (Å²) in [4.78, 5) is 24.1. The molecule has 0 radical (unpaired) electrons. The summed E-state index contributed by atoms with van der Waals surface area (Å²) in [7, 11) is 0. The van der Waals surface area contributed by atoms with Gasteiger partial charge in [0.15, 0.2) is 6.10 Å². The van der Waals surface area contributed by atoms with Gasteiger partial charge in [0.05, 0.1) is 11.1 Å². The van der Waals surface area contributed by atoms with Crippen molar-refractivity contribution >= 4 is 17.6 Å². The summed E-state index contributed by atoms with van der Waals surface area (Å²) in [5, 5.41) is 2.61. The van der Waals surface area contributed by atoms with Crippen molar-refractivity contribution in [1.29, 1.82) is 0 Å². The Bertz CT molecular complexity index is 768. The molecule has 0 aliphatic heterocycles. The Morgan fingerprint density at radius 3 is 2.12 bits per heavy atom. The zero-order valence-electron chi connectivity index (χ0n) is 14.3. The molecule has 0 fully saturated rings. The van der Waals surface area contributed by atoms with Gasteiger partial charge in [-0.2, -0.15) is 13.2 Å². The molecule has 1 N–H and O–H groups in total. The van der Waals surface area contributed by atoms with E-state index in [1.54, 1.807) is 12.1 Å². The number of anilines is 1. The second-order valence-electron chi connectivity index (χ2n) is 5.66. The molecule has 4 nitrogen and oxygen atoms in total. The molecule has 0 bridgehead atoms. The van der Waals surface area contributed by atoms with Gasteiger partial charge in [0.1, 0.15) is 0 Å². The minimum atomic E-state index is -4.48. The van der Waals surface area contributed by atoms with E-state index in [1.807, 2.05) is 19.1 Å². The summed E-state index contributed by atoms with van der Waals surface area (Å²) in [5.74, 6) is -1.41. The van der Waals surface area contributed by atoms with Gasteiger partial charge in [-0.25, -0.2) is 4.79 Å². The lowest BCUT2D eigenvalue weighted by atomic mass is 10.1. The molecule has 0 aliphatic carbocycles. The first-order valence-corrected chi connectivity index (χ1v) is 7.98. The van der Waals surface area contributed by atoms with Crippen LogP contribution in [0, 0.1) is 0 Å². The molecule has 0 aromatic heterocycles. The predicted molar refractivity (Wildman–Crippen MR) is 90.8 cm³/mol. The van der Waals surface area contributed by atoms with Crippen molar-refractivity contribution < 1.29 is 27.5 Å². The first-order valence-electron chi connectivity index (χ1n) is 7.98. The highest BCUT2D eigenvalue weighted by atomic mass is 19.4. The van der Waals surface area contributed by atoms with Gasteiger partial charge in [-0.3, -0.25) is 4.79 Å². The number of rotatable bonds is 5. The molecule has 1 unspecified atom stereocenters. The van der Waals surface area contributed by atoms with Gasteiger partial charge >= 0.3 is 12.1 Å². The Balaban J connectivity index is 1.95. The molecule has 2 rings (SSSR count). The molecule has 0 saturated carbocycles. The van der Waals surface area contributed by atoms with Crippen LogP contribution < -0.4 is 5.32 Å². The zero-order chi connectivity index (χ0) is 19.3. The Kier molecular flexibility index (Phi) is 6.02. The van der Waals surface area contributed by atoms with Gasteiger partial charge in [-0.1, -0.05) is 19.1 Å². The highest BCUT2D eigenvalue weighted by Gasteiger charge is 2.30. The number of amides is 1. The fourth-order valence-corrected chi connectivity index (χ4v) is 2.15. The number of nitrogens with one attached hydrogen (secondary N) is 1. The number of hydrogen-bond donors (Lipinski definition) is 1. The van der Waals surface area contributed by atoms with E-state index >= 15 is 0 Å². The zero-order valence-corrected chi connectivity index (χ0v) is 14.3.